The first-order chi connectivity index (χ1) is 10.2. The topological polar surface area (TPSA) is 35.2 Å². The van der Waals surface area contributed by atoms with E-state index in [1.807, 2.05) is 24.3 Å². The van der Waals surface area contributed by atoms with E-state index in [2.05, 4.69) is 27.8 Å². The lowest BCUT2D eigenvalue weighted by Gasteiger charge is -2.06. The summed E-state index contributed by atoms with van der Waals surface area (Å²) in [7, 11) is 0. The van der Waals surface area contributed by atoms with Crippen LogP contribution in [0.15, 0.2) is 46.9 Å². The van der Waals surface area contributed by atoms with E-state index in [4.69, 9.17) is 10.5 Å². The van der Waals surface area contributed by atoms with Crippen LogP contribution in [0.3, 0.4) is 0 Å². The highest BCUT2D eigenvalue weighted by Crippen LogP contribution is 2.14. The number of hydrogen-bond acceptors (Lipinski definition) is 2. The van der Waals surface area contributed by atoms with Gasteiger partial charge in [-0.1, -0.05) is 46.0 Å². The molecule has 2 rings (SSSR count). The van der Waals surface area contributed by atoms with Crippen molar-refractivity contribution in [2.24, 2.45) is 5.73 Å². The molecule has 0 bridgehead atoms. The van der Waals surface area contributed by atoms with Crippen LogP contribution in [0.2, 0.25) is 0 Å². The molecule has 108 valence electrons. The first-order valence-electron chi connectivity index (χ1n) is 6.48. The van der Waals surface area contributed by atoms with Crippen LogP contribution >= 0.6 is 15.9 Å². The molecule has 0 aromatic heterocycles. The van der Waals surface area contributed by atoms with E-state index in [1.54, 1.807) is 12.1 Å². The first kappa shape index (κ1) is 15.7. The van der Waals surface area contributed by atoms with Crippen LogP contribution in [0.25, 0.3) is 0 Å². The zero-order chi connectivity index (χ0) is 15.1. The van der Waals surface area contributed by atoms with Crippen LogP contribution < -0.4 is 5.73 Å². The van der Waals surface area contributed by atoms with Crippen LogP contribution in [0.1, 0.15) is 16.7 Å². The second-order valence-electron chi connectivity index (χ2n) is 4.44. The molecule has 0 fully saturated rings. The first-order valence-corrected chi connectivity index (χ1v) is 7.28. The Morgan fingerprint density at radius 2 is 1.86 bits per heavy atom. The smallest absolute Gasteiger partial charge is 0.138 e. The lowest BCUT2D eigenvalue weighted by Crippen LogP contribution is -1.97. The Bertz CT molecular complexity index is 676. The summed E-state index contributed by atoms with van der Waals surface area (Å²) in [5, 5.41) is 0. The Morgan fingerprint density at radius 1 is 1.10 bits per heavy atom. The number of rotatable bonds is 4. The maximum atomic E-state index is 13.5. The summed E-state index contributed by atoms with van der Waals surface area (Å²) >= 11 is 3.42. The summed E-state index contributed by atoms with van der Waals surface area (Å²) < 4.78 is 20.2. The standard InChI is InChI=1S/C17H15BrFNO/c18-16-5-1-3-13(10-16)11-21-12-14-6-7-17(19)15(9-14)4-2-8-20/h1,3,5-7,9-10H,8,11-12,20H2. The van der Waals surface area contributed by atoms with Crippen molar-refractivity contribution in [3.63, 3.8) is 0 Å². The van der Waals surface area contributed by atoms with Gasteiger partial charge in [0.05, 0.1) is 25.3 Å². The summed E-state index contributed by atoms with van der Waals surface area (Å²) in [6.07, 6.45) is 0. The molecule has 0 saturated carbocycles. The minimum Gasteiger partial charge on any atom is -0.372 e. The van der Waals surface area contributed by atoms with Gasteiger partial charge in [0.25, 0.3) is 0 Å². The van der Waals surface area contributed by atoms with Crippen molar-refractivity contribution >= 4 is 15.9 Å². The lowest BCUT2D eigenvalue weighted by atomic mass is 10.1. The largest absolute Gasteiger partial charge is 0.372 e. The third kappa shape index (κ3) is 4.98. The normalized spacial score (nSPS) is 10.0. The van der Waals surface area contributed by atoms with Crippen molar-refractivity contribution in [3.8, 4) is 11.8 Å². The van der Waals surface area contributed by atoms with Gasteiger partial charge in [-0.05, 0) is 35.4 Å². The monoisotopic (exact) mass is 347 g/mol. The SMILES string of the molecule is NCC#Cc1cc(COCc2cccc(Br)c2)ccc1F. The van der Waals surface area contributed by atoms with Crippen LogP contribution in [0.4, 0.5) is 4.39 Å². The maximum Gasteiger partial charge on any atom is 0.138 e. The molecule has 2 aromatic carbocycles. The van der Waals surface area contributed by atoms with E-state index in [0.29, 0.717) is 18.8 Å². The summed E-state index contributed by atoms with van der Waals surface area (Å²) in [5.41, 5.74) is 7.61. The zero-order valence-corrected chi connectivity index (χ0v) is 13.0. The van der Waals surface area contributed by atoms with Gasteiger partial charge in [0.15, 0.2) is 0 Å². The highest BCUT2D eigenvalue weighted by Gasteiger charge is 2.02. The van der Waals surface area contributed by atoms with E-state index in [9.17, 15) is 4.39 Å². The molecule has 4 heteroatoms. The Hall–Kier alpha value is -1.67. The highest BCUT2D eigenvalue weighted by molar-refractivity contribution is 9.10. The molecule has 0 amide bonds. The van der Waals surface area contributed by atoms with Gasteiger partial charge < -0.3 is 10.5 Å². The average molecular weight is 348 g/mol. The van der Waals surface area contributed by atoms with Crippen molar-refractivity contribution in [1.82, 2.24) is 0 Å². The third-order valence-electron chi connectivity index (χ3n) is 2.78. The molecule has 0 saturated heterocycles. The molecule has 0 unspecified atom stereocenters. The van der Waals surface area contributed by atoms with Crippen molar-refractivity contribution < 1.29 is 9.13 Å². The molecule has 2 nitrogen and oxygen atoms in total. The number of benzene rings is 2. The van der Waals surface area contributed by atoms with E-state index >= 15 is 0 Å². The lowest BCUT2D eigenvalue weighted by molar-refractivity contribution is 0.107. The molecular weight excluding hydrogens is 333 g/mol. The van der Waals surface area contributed by atoms with Crippen molar-refractivity contribution in [1.29, 1.82) is 0 Å². The fourth-order valence-corrected chi connectivity index (χ4v) is 2.26. The molecule has 0 aliphatic rings. The Balaban J connectivity index is 1.97. The molecule has 2 N–H and O–H groups in total. The minimum atomic E-state index is -0.341. The van der Waals surface area contributed by atoms with Gasteiger partial charge in [-0.3, -0.25) is 0 Å². The molecule has 0 aliphatic carbocycles. The number of ether oxygens (including phenoxy) is 1. The van der Waals surface area contributed by atoms with E-state index in [-0.39, 0.29) is 12.4 Å². The maximum absolute atomic E-state index is 13.5. The van der Waals surface area contributed by atoms with Crippen LogP contribution in [-0.4, -0.2) is 6.54 Å². The molecule has 0 atom stereocenters. The minimum absolute atomic E-state index is 0.211. The van der Waals surface area contributed by atoms with Crippen LogP contribution in [-0.2, 0) is 18.0 Å². The van der Waals surface area contributed by atoms with Crippen molar-refractivity contribution in [2.75, 3.05) is 6.54 Å². The van der Waals surface area contributed by atoms with Gasteiger partial charge in [-0.25, -0.2) is 4.39 Å². The van der Waals surface area contributed by atoms with Gasteiger partial charge in [0.2, 0.25) is 0 Å². The predicted molar refractivity (Wildman–Crippen MR) is 85.0 cm³/mol. The Labute approximate surface area is 132 Å². The van der Waals surface area contributed by atoms with E-state index < -0.39 is 0 Å². The third-order valence-corrected chi connectivity index (χ3v) is 3.28. The van der Waals surface area contributed by atoms with Crippen molar-refractivity contribution in [3.05, 3.63) is 69.4 Å². The molecule has 0 aliphatic heterocycles. The fraction of sp³-hybridized carbons (Fsp3) is 0.176. The highest BCUT2D eigenvalue weighted by atomic mass is 79.9. The van der Waals surface area contributed by atoms with E-state index in [1.165, 1.54) is 6.07 Å². The number of hydrogen-bond donors (Lipinski definition) is 1. The Kier molecular flexibility index (Phi) is 5.94. The average Bonchev–Trinajstić information content (AvgIpc) is 2.48. The van der Waals surface area contributed by atoms with E-state index in [0.717, 1.165) is 15.6 Å². The van der Waals surface area contributed by atoms with Crippen molar-refractivity contribution in [2.45, 2.75) is 13.2 Å². The quantitative estimate of drug-likeness (QED) is 0.857. The zero-order valence-electron chi connectivity index (χ0n) is 11.4. The molecule has 0 heterocycles. The second kappa shape index (κ2) is 7.94. The Morgan fingerprint density at radius 3 is 2.57 bits per heavy atom. The van der Waals surface area contributed by atoms with Gasteiger partial charge in [-0.15, -0.1) is 0 Å². The molecule has 0 radical (unpaired) electrons. The van der Waals surface area contributed by atoms with Gasteiger partial charge >= 0.3 is 0 Å². The van der Waals surface area contributed by atoms with Gasteiger partial charge in [0, 0.05) is 4.47 Å². The summed E-state index contributed by atoms with van der Waals surface area (Å²) in [4.78, 5) is 0. The summed E-state index contributed by atoms with van der Waals surface area (Å²) in [5.74, 6) is 5.03. The second-order valence-corrected chi connectivity index (χ2v) is 5.36. The molecular formula is C17H15BrFNO. The molecule has 2 aromatic rings. The molecule has 21 heavy (non-hydrogen) atoms. The summed E-state index contributed by atoms with van der Waals surface area (Å²) in [6, 6.07) is 12.7. The number of nitrogens with two attached hydrogens (primary N) is 1. The summed E-state index contributed by atoms with van der Waals surface area (Å²) in [6.45, 7) is 1.12. The van der Waals surface area contributed by atoms with Crippen LogP contribution in [0.5, 0.6) is 0 Å². The molecule has 0 spiro atoms. The number of halogens is 2. The van der Waals surface area contributed by atoms with Crippen LogP contribution in [0, 0.1) is 17.7 Å². The van der Waals surface area contributed by atoms with Gasteiger partial charge in [0.1, 0.15) is 5.82 Å². The predicted octanol–water partition coefficient (Wildman–Crippen LogP) is 3.62. The fourth-order valence-electron chi connectivity index (χ4n) is 1.82. The van der Waals surface area contributed by atoms with Gasteiger partial charge in [-0.2, -0.15) is 0 Å².